The fourth-order valence-electron chi connectivity index (χ4n) is 5.89. The standard InChI is InChI=1S/C37H36.C8H11N/c1-27(2)34-16-10-11-17-35(34)28(3)12-6-4-7-13-29-18-20-30(21-19-29)31-22-24-33(25-23-31)37-26-36(37)32-14-8-5-9-15-32;1-9-7-8-5-3-2-4-6-8/h5-6,8-12,14-27,37H,3-4,7,13H2,1-2H3;2-6,9H,7H2,1H3/b12-6-;. The summed E-state index contributed by atoms with van der Waals surface area (Å²) in [6.45, 7) is 9.75. The van der Waals surface area contributed by atoms with E-state index in [1.54, 1.807) is 0 Å². The van der Waals surface area contributed by atoms with Gasteiger partial charge in [-0.05, 0) is 87.9 Å². The highest BCUT2D eigenvalue weighted by Crippen LogP contribution is 2.46. The van der Waals surface area contributed by atoms with E-state index in [0.29, 0.717) is 11.8 Å². The lowest BCUT2D eigenvalue weighted by Crippen LogP contribution is -2.04. The highest BCUT2D eigenvalue weighted by molar-refractivity contribution is 5.86. The van der Waals surface area contributed by atoms with Crippen molar-refractivity contribution in [3.05, 3.63) is 192 Å². The first-order chi connectivity index (χ1) is 22.5. The van der Waals surface area contributed by atoms with E-state index in [2.05, 4.69) is 159 Å². The molecule has 0 aliphatic heterocycles. The minimum Gasteiger partial charge on any atom is -0.316 e. The summed E-state index contributed by atoms with van der Waals surface area (Å²) in [7, 11) is 1.95. The smallest absolute Gasteiger partial charge is 0.0278 e. The number of allylic oxidation sites excluding steroid dienone is 5. The fourth-order valence-corrected chi connectivity index (χ4v) is 5.89. The van der Waals surface area contributed by atoms with Crippen LogP contribution in [0.25, 0.3) is 22.3 Å². The van der Waals surface area contributed by atoms with Crippen LogP contribution < -0.4 is 5.32 Å². The van der Waals surface area contributed by atoms with Crippen LogP contribution in [0.3, 0.4) is 0 Å². The summed E-state index contributed by atoms with van der Waals surface area (Å²) in [4.78, 5) is 0. The lowest BCUT2D eigenvalue weighted by Gasteiger charge is -2.12. The Balaban J connectivity index is 0.000000400. The van der Waals surface area contributed by atoms with E-state index in [1.165, 1.54) is 50.1 Å². The van der Waals surface area contributed by atoms with Gasteiger partial charge in [-0.25, -0.2) is 0 Å². The molecule has 0 radical (unpaired) electrons. The molecule has 0 heterocycles. The van der Waals surface area contributed by atoms with Gasteiger partial charge in [-0.3, -0.25) is 0 Å². The van der Waals surface area contributed by atoms with Crippen LogP contribution in [0.1, 0.15) is 71.9 Å². The number of nitrogens with one attached hydrogen (secondary N) is 1. The molecule has 0 saturated heterocycles. The molecule has 0 bridgehead atoms. The SMILES string of the molecule is C=C(/C=C\CCCc1ccc(-c2ccc(C3C=C3c3ccccc3)cc2)cc1)c1ccccc1C(C)C.CNCc1ccccc1. The number of benzene rings is 5. The zero-order chi connectivity index (χ0) is 32.1. The van der Waals surface area contributed by atoms with E-state index >= 15 is 0 Å². The van der Waals surface area contributed by atoms with Gasteiger partial charge in [0.2, 0.25) is 0 Å². The van der Waals surface area contributed by atoms with Crippen LogP contribution >= 0.6 is 0 Å². The molecule has 5 aromatic rings. The first kappa shape index (κ1) is 32.7. The van der Waals surface area contributed by atoms with E-state index in [0.717, 1.165) is 31.4 Å². The number of hydrogen-bond donors (Lipinski definition) is 1. The molecule has 46 heavy (non-hydrogen) atoms. The van der Waals surface area contributed by atoms with Gasteiger partial charge < -0.3 is 5.32 Å². The highest BCUT2D eigenvalue weighted by atomic mass is 14.8. The Morgan fingerprint density at radius 1 is 0.696 bits per heavy atom. The van der Waals surface area contributed by atoms with Crippen LogP contribution in [0.15, 0.2) is 158 Å². The van der Waals surface area contributed by atoms with E-state index in [4.69, 9.17) is 0 Å². The Morgan fingerprint density at radius 2 is 1.30 bits per heavy atom. The van der Waals surface area contributed by atoms with Gasteiger partial charge in [0.15, 0.2) is 0 Å². The average Bonchev–Trinajstić information content (AvgIpc) is 3.91. The number of rotatable bonds is 12. The molecule has 1 unspecified atom stereocenters. The third-order valence-corrected chi connectivity index (χ3v) is 8.54. The first-order valence-corrected chi connectivity index (χ1v) is 16.6. The quantitative estimate of drug-likeness (QED) is 0.111. The fraction of sp³-hybridized carbons (Fsp3) is 0.200. The molecule has 0 spiro atoms. The summed E-state index contributed by atoms with van der Waals surface area (Å²) in [5.41, 5.74) is 13.2. The second-order valence-electron chi connectivity index (χ2n) is 12.4. The maximum Gasteiger partial charge on any atom is 0.0278 e. The van der Waals surface area contributed by atoms with Crippen molar-refractivity contribution in [2.24, 2.45) is 0 Å². The highest BCUT2D eigenvalue weighted by Gasteiger charge is 2.27. The lowest BCUT2D eigenvalue weighted by molar-refractivity contribution is 0.818. The molecule has 0 aromatic heterocycles. The molecule has 0 fully saturated rings. The van der Waals surface area contributed by atoms with Gasteiger partial charge in [0.25, 0.3) is 0 Å². The molecule has 6 rings (SSSR count). The van der Waals surface area contributed by atoms with Gasteiger partial charge in [0.1, 0.15) is 0 Å². The minimum absolute atomic E-state index is 0.468. The van der Waals surface area contributed by atoms with Gasteiger partial charge in [0.05, 0.1) is 0 Å². The Hall–Kier alpha value is -4.72. The Labute approximate surface area is 277 Å². The van der Waals surface area contributed by atoms with Crippen LogP contribution in [0.4, 0.5) is 0 Å². The molecular formula is C45H47N. The van der Waals surface area contributed by atoms with E-state index in [1.807, 2.05) is 25.2 Å². The second-order valence-corrected chi connectivity index (χ2v) is 12.4. The largest absolute Gasteiger partial charge is 0.316 e. The molecule has 1 N–H and O–H groups in total. The van der Waals surface area contributed by atoms with E-state index in [9.17, 15) is 0 Å². The molecule has 1 atom stereocenters. The molecule has 0 amide bonds. The van der Waals surface area contributed by atoms with Crippen LogP contribution in [-0.2, 0) is 13.0 Å². The Kier molecular flexibility index (Phi) is 11.8. The summed E-state index contributed by atoms with van der Waals surface area (Å²) in [6.07, 6.45) is 10.1. The molecular weight excluding hydrogens is 555 g/mol. The van der Waals surface area contributed by atoms with Gasteiger partial charge in [-0.15, -0.1) is 0 Å². The third-order valence-electron chi connectivity index (χ3n) is 8.54. The van der Waals surface area contributed by atoms with Crippen LogP contribution in [-0.4, -0.2) is 7.05 Å². The molecule has 1 aliphatic carbocycles. The summed E-state index contributed by atoms with van der Waals surface area (Å²) in [5, 5.41) is 3.08. The van der Waals surface area contributed by atoms with Crippen LogP contribution in [0.5, 0.6) is 0 Å². The Morgan fingerprint density at radius 3 is 1.96 bits per heavy atom. The summed E-state index contributed by atoms with van der Waals surface area (Å²) < 4.78 is 0. The van der Waals surface area contributed by atoms with Crippen molar-refractivity contribution < 1.29 is 0 Å². The molecule has 1 nitrogen and oxygen atoms in total. The van der Waals surface area contributed by atoms with Crippen molar-refractivity contribution >= 4 is 11.1 Å². The maximum atomic E-state index is 4.31. The normalized spacial score (nSPS) is 13.7. The van der Waals surface area contributed by atoms with Crippen molar-refractivity contribution in [3.8, 4) is 11.1 Å². The van der Waals surface area contributed by atoms with Gasteiger partial charge in [-0.2, -0.15) is 0 Å². The summed E-state index contributed by atoms with van der Waals surface area (Å²) >= 11 is 0. The van der Waals surface area contributed by atoms with Crippen molar-refractivity contribution in [1.29, 1.82) is 0 Å². The van der Waals surface area contributed by atoms with Crippen molar-refractivity contribution in [2.45, 2.75) is 51.5 Å². The Bertz CT molecular complexity index is 1720. The predicted molar refractivity (Wildman–Crippen MR) is 200 cm³/mol. The summed E-state index contributed by atoms with van der Waals surface area (Å²) in [6, 6.07) is 47.8. The van der Waals surface area contributed by atoms with E-state index < -0.39 is 0 Å². The van der Waals surface area contributed by atoms with Gasteiger partial charge in [-0.1, -0.05) is 172 Å². The number of unbranched alkanes of at least 4 members (excludes halogenated alkanes) is 1. The molecule has 1 aliphatic rings. The van der Waals surface area contributed by atoms with Crippen LogP contribution in [0.2, 0.25) is 0 Å². The topological polar surface area (TPSA) is 12.0 Å². The molecule has 5 aromatic carbocycles. The van der Waals surface area contributed by atoms with E-state index in [-0.39, 0.29) is 0 Å². The van der Waals surface area contributed by atoms with Crippen LogP contribution in [0, 0.1) is 0 Å². The second kappa shape index (κ2) is 16.5. The summed E-state index contributed by atoms with van der Waals surface area (Å²) in [5.74, 6) is 0.972. The molecule has 0 saturated carbocycles. The van der Waals surface area contributed by atoms with Gasteiger partial charge in [0, 0.05) is 12.5 Å². The predicted octanol–water partition coefficient (Wildman–Crippen LogP) is 11.7. The number of aryl methyl sites for hydroxylation is 1. The first-order valence-electron chi connectivity index (χ1n) is 16.6. The zero-order valence-corrected chi connectivity index (χ0v) is 27.6. The number of hydrogen-bond acceptors (Lipinski definition) is 1. The van der Waals surface area contributed by atoms with Crippen molar-refractivity contribution in [2.75, 3.05) is 7.05 Å². The lowest BCUT2D eigenvalue weighted by atomic mass is 9.93. The zero-order valence-electron chi connectivity index (χ0n) is 27.6. The van der Waals surface area contributed by atoms with Crippen molar-refractivity contribution in [1.82, 2.24) is 5.32 Å². The monoisotopic (exact) mass is 601 g/mol. The minimum atomic E-state index is 0.468. The molecule has 232 valence electrons. The van der Waals surface area contributed by atoms with Crippen molar-refractivity contribution in [3.63, 3.8) is 0 Å². The molecule has 1 heteroatoms. The average molecular weight is 602 g/mol. The third kappa shape index (κ3) is 9.16. The van der Waals surface area contributed by atoms with Gasteiger partial charge >= 0.3 is 0 Å². The maximum absolute atomic E-state index is 4.31.